The zero-order valence-electron chi connectivity index (χ0n) is 11.8. The van der Waals surface area contributed by atoms with Crippen molar-refractivity contribution in [2.75, 3.05) is 4.31 Å². The third-order valence-corrected chi connectivity index (χ3v) is 4.43. The minimum Gasteiger partial charge on any atom is -0.718 e. The molecule has 0 atom stereocenters. The number of rotatable bonds is 4. The highest BCUT2D eigenvalue weighted by Crippen LogP contribution is 2.37. The van der Waals surface area contributed by atoms with Gasteiger partial charge in [-0.05, 0) is 23.0 Å². The summed E-state index contributed by atoms with van der Waals surface area (Å²) in [6.07, 6.45) is 0. The average molecular weight is 335 g/mol. The second kappa shape index (κ2) is 6.28. The fourth-order valence-electron chi connectivity index (χ4n) is 2.04. The Bertz CT molecular complexity index is 586. The molecule has 1 amide bonds. The van der Waals surface area contributed by atoms with Crippen LogP contribution in [0.3, 0.4) is 0 Å². The van der Waals surface area contributed by atoms with Crippen LogP contribution in [0.2, 0.25) is 0 Å². The molecule has 0 radical (unpaired) electrons. The number of carbonyl (C=O) groups excluding carboxylic acids is 1. The Morgan fingerprint density at radius 2 is 1.55 bits per heavy atom. The van der Waals surface area contributed by atoms with E-state index in [0.29, 0.717) is 4.31 Å². The highest BCUT2D eigenvalue weighted by Gasteiger charge is 2.27. The molecule has 0 saturated heterocycles. The fraction of sp³-hybridized carbons (Fsp3) is 0.462. The van der Waals surface area contributed by atoms with E-state index in [1.165, 1.54) is 0 Å². The predicted octanol–water partition coefficient (Wildman–Crippen LogP) is 3.89. The lowest BCUT2D eigenvalue weighted by Crippen LogP contribution is -2.33. The van der Waals surface area contributed by atoms with E-state index < -0.39 is 14.5 Å². The molecule has 0 aliphatic rings. The number of amides is 1. The van der Waals surface area contributed by atoms with Crippen LogP contribution < -0.4 is 4.31 Å². The average Bonchev–Trinajstić information content (AvgIpc) is 2.25. The molecular weight excluding hydrogens is 318 g/mol. The van der Waals surface area contributed by atoms with Gasteiger partial charge < -0.3 is 17.4 Å². The van der Waals surface area contributed by atoms with E-state index in [1.54, 1.807) is 12.1 Å². The first-order chi connectivity index (χ1) is 9.07. The van der Waals surface area contributed by atoms with Gasteiger partial charge in [0, 0.05) is 10.7 Å². The lowest BCUT2D eigenvalue weighted by molar-refractivity contribution is 0.268. The Balaban J connectivity index is 3.74. The normalized spacial score (nSPS) is 11.9. The van der Waals surface area contributed by atoms with Crippen LogP contribution in [0.4, 0.5) is 10.5 Å². The minimum atomic E-state index is -4.28. The molecule has 0 fully saturated rings. The summed E-state index contributed by atoms with van der Waals surface area (Å²) in [6, 6.07) is 5.39. The Kier molecular flexibility index (Phi) is 5.40. The first-order valence-electron chi connectivity index (χ1n) is 6.16. The number of benzene rings is 1. The zero-order chi connectivity index (χ0) is 15.7. The Hall–Kier alpha value is -0.850. The van der Waals surface area contributed by atoms with Crippen molar-refractivity contribution >= 4 is 43.5 Å². The summed E-state index contributed by atoms with van der Waals surface area (Å²) < 4.78 is 24.0. The van der Waals surface area contributed by atoms with Crippen LogP contribution in [0.25, 0.3) is 0 Å². The highest BCUT2D eigenvalue weighted by atomic mass is 35.7. The maximum atomic E-state index is 11.7. The number of anilines is 1. The van der Waals surface area contributed by atoms with E-state index in [1.807, 2.05) is 33.8 Å². The second-order valence-electron chi connectivity index (χ2n) is 5.07. The van der Waals surface area contributed by atoms with Gasteiger partial charge in [-0.1, -0.05) is 45.9 Å². The first-order valence-corrected chi connectivity index (χ1v) is 8.83. The van der Waals surface area contributed by atoms with Crippen LogP contribution in [0.1, 0.15) is 50.7 Å². The SMILES string of the molecule is CC(C)c1cccc(C(C)C)c1N(C(=O)[S-])S(=O)(=O)Cl. The van der Waals surface area contributed by atoms with Crippen molar-refractivity contribution in [3.05, 3.63) is 29.3 Å². The van der Waals surface area contributed by atoms with Crippen LogP contribution in [0.15, 0.2) is 18.2 Å². The maximum absolute atomic E-state index is 11.7. The van der Waals surface area contributed by atoms with Crippen molar-refractivity contribution in [1.29, 1.82) is 0 Å². The molecule has 1 aromatic carbocycles. The van der Waals surface area contributed by atoms with Crippen molar-refractivity contribution in [1.82, 2.24) is 0 Å². The lowest BCUT2D eigenvalue weighted by atomic mass is 9.93. The van der Waals surface area contributed by atoms with Gasteiger partial charge in [0.05, 0.1) is 5.69 Å². The van der Waals surface area contributed by atoms with E-state index in [4.69, 9.17) is 10.7 Å². The van der Waals surface area contributed by atoms with E-state index in [0.717, 1.165) is 11.1 Å². The molecule has 0 N–H and O–H groups in total. The molecule has 0 spiro atoms. The van der Waals surface area contributed by atoms with Gasteiger partial charge in [0.15, 0.2) is 0 Å². The molecule has 0 aromatic heterocycles. The quantitative estimate of drug-likeness (QED) is 0.619. The predicted molar refractivity (Wildman–Crippen MR) is 84.6 cm³/mol. The fourth-order valence-corrected chi connectivity index (χ4v) is 3.55. The van der Waals surface area contributed by atoms with Gasteiger partial charge in [0.25, 0.3) is 0 Å². The monoisotopic (exact) mass is 334 g/mol. The topological polar surface area (TPSA) is 54.5 Å². The third-order valence-electron chi connectivity index (χ3n) is 2.93. The van der Waals surface area contributed by atoms with Gasteiger partial charge in [-0.2, -0.15) is 8.42 Å². The molecule has 0 aliphatic carbocycles. The largest absolute Gasteiger partial charge is 0.718 e. The summed E-state index contributed by atoms with van der Waals surface area (Å²) in [5.74, 6) is 0.0536. The van der Waals surface area contributed by atoms with Crippen LogP contribution >= 0.6 is 10.7 Å². The summed E-state index contributed by atoms with van der Waals surface area (Å²) in [5, 5.41) is -1.03. The standard InChI is InChI=1S/C13H18ClNO3S2/c1-8(2)10-6-5-7-11(9(3)4)12(10)15(13(16)19)20(14,17)18/h5-9H,1-4H3,(H,16,19)/p-1. The summed E-state index contributed by atoms with van der Waals surface area (Å²) in [4.78, 5) is 11.6. The molecular formula is C13H17ClNO3S2-. The van der Waals surface area contributed by atoms with Crippen LogP contribution in [-0.2, 0) is 21.9 Å². The van der Waals surface area contributed by atoms with Crippen molar-refractivity contribution in [3.63, 3.8) is 0 Å². The number of hydrogen-bond acceptors (Lipinski definition) is 4. The van der Waals surface area contributed by atoms with Crippen molar-refractivity contribution in [2.24, 2.45) is 0 Å². The first kappa shape index (κ1) is 17.2. The molecule has 20 heavy (non-hydrogen) atoms. The van der Waals surface area contributed by atoms with E-state index in [2.05, 4.69) is 12.6 Å². The zero-order valence-corrected chi connectivity index (χ0v) is 14.1. The lowest BCUT2D eigenvalue weighted by Gasteiger charge is -2.29. The van der Waals surface area contributed by atoms with Crippen LogP contribution in [0.5, 0.6) is 0 Å². The molecule has 4 nitrogen and oxygen atoms in total. The minimum absolute atomic E-state index is 0.0268. The van der Waals surface area contributed by atoms with Crippen LogP contribution in [-0.4, -0.2) is 13.7 Å². The molecule has 0 bridgehead atoms. The van der Waals surface area contributed by atoms with Gasteiger partial charge in [-0.25, -0.2) is 4.31 Å². The summed E-state index contributed by atoms with van der Waals surface area (Å²) in [5.41, 5.74) is 1.73. The molecule has 0 heterocycles. The van der Waals surface area contributed by atoms with E-state index in [-0.39, 0.29) is 17.5 Å². The van der Waals surface area contributed by atoms with E-state index in [9.17, 15) is 13.2 Å². The number of nitrogens with zero attached hydrogens (tertiary/aromatic N) is 1. The van der Waals surface area contributed by atoms with Gasteiger partial charge in [0.2, 0.25) is 0 Å². The Labute approximate surface area is 130 Å². The highest BCUT2D eigenvalue weighted by molar-refractivity contribution is 8.16. The molecule has 0 aliphatic heterocycles. The summed E-state index contributed by atoms with van der Waals surface area (Å²) in [7, 11) is 1.12. The summed E-state index contributed by atoms with van der Waals surface area (Å²) >= 11 is 4.55. The third kappa shape index (κ3) is 3.62. The van der Waals surface area contributed by atoms with Crippen LogP contribution in [0, 0.1) is 0 Å². The van der Waals surface area contributed by atoms with Crippen molar-refractivity contribution in [2.45, 2.75) is 39.5 Å². The van der Waals surface area contributed by atoms with Gasteiger partial charge >= 0.3 is 9.24 Å². The second-order valence-corrected chi connectivity index (χ2v) is 7.78. The number of hydrogen-bond donors (Lipinski definition) is 0. The molecule has 1 rings (SSSR count). The van der Waals surface area contributed by atoms with Crippen molar-refractivity contribution in [3.8, 4) is 0 Å². The van der Waals surface area contributed by atoms with E-state index >= 15 is 0 Å². The molecule has 0 unspecified atom stereocenters. The van der Waals surface area contributed by atoms with Gasteiger partial charge in [0.1, 0.15) is 5.24 Å². The smallest absolute Gasteiger partial charge is 0.326 e. The number of carbonyl (C=O) groups is 1. The molecule has 0 saturated carbocycles. The molecule has 112 valence electrons. The number of halogens is 1. The summed E-state index contributed by atoms with van der Waals surface area (Å²) in [6.45, 7) is 7.65. The van der Waals surface area contributed by atoms with Gasteiger partial charge in [-0.3, -0.25) is 0 Å². The van der Waals surface area contributed by atoms with Gasteiger partial charge in [-0.15, -0.1) is 0 Å². The van der Waals surface area contributed by atoms with Crippen molar-refractivity contribution < 1.29 is 13.2 Å². The Morgan fingerprint density at radius 1 is 1.15 bits per heavy atom. The molecule has 7 heteroatoms. The number of para-hydroxylation sites is 1. The molecule has 1 aromatic rings. The Morgan fingerprint density at radius 3 is 1.80 bits per heavy atom. The maximum Gasteiger partial charge on any atom is 0.326 e.